The molecule has 0 saturated carbocycles. The minimum atomic E-state index is -0.272. The Hall–Kier alpha value is -2.74. The fourth-order valence-corrected chi connectivity index (χ4v) is 2.57. The molecule has 2 aromatic rings. The van der Waals surface area contributed by atoms with Crippen LogP contribution in [0, 0.1) is 6.92 Å². The zero-order valence-electron chi connectivity index (χ0n) is 14.6. The number of aromatic nitrogens is 3. The summed E-state index contributed by atoms with van der Waals surface area (Å²) in [6.07, 6.45) is 1.43. The Bertz CT molecular complexity index is 751. The third kappa shape index (κ3) is 4.21. The molecule has 3 rings (SSSR count). The van der Waals surface area contributed by atoms with Crippen molar-refractivity contribution >= 4 is 17.8 Å². The summed E-state index contributed by atoms with van der Waals surface area (Å²) in [5.74, 6) is 1.16. The van der Waals surface area contributed by atoms with E-state index in [0.29, 0.717) is 31.5 Å². The zero-order chi connectivity index (χ0) is 17.8. The number of nitrogens with zero attached hydrogens (tertiary/aromatic N) is 5. The monoisotopic (exact) mass is 342 g/mol. The molecule has 2 aromatic heterocycles. The van der Waals surface area contributed by atoms with E-state index in [1.807, 2.05) is 44.1 Å². The number of carbonyl (C=O) groups is 1. The molecule has 1 N–H and O–H groups in total. The molecule has 0 aromatic carbocycles. The van der Waals surface area contributed by atoms with Crippen molar-refractivity contribution in [1.82, 2.24) is 19.9 Å². The average Bonchev–Trinajstić information content (AvgIpc) is 2.62. The van der Waals surface area contributed by atoms with E-state index in [1.165, 1.54) is 0 Å². The number of anilines is 2. The molecule has 1 aliphatic heterocycles. The Labute approximate surface area is 146 Å². The summed E-state index contributed by atoms with van der Waals surface area (Å²) in [6.45, 7) is 3.31. The van der Waals surface area contributed by atoms with Gasteiger partial charge >= 0.3 is 6.03 Å². The summed E-state index contributed by atoms with van der Waals surface area (Å²) in [6, 6.07) is 7.16. The second kappa shape index (κ2) is 7.43. The van der Waals surface area contributed by atoms with E-state index in [4.69, 9.17) is 4.74 Å². The van der Waals surface area contributed by atoms with Crippen molar-refractivity contribution in [3.05, 3.63) is 41.9 Å². The van der Waals surface area contributed by atoms with Crippen molar-refractivity contribution < 1.29 is 9.53 Å². The van der Waals surface area contributed by atoms with Gasteiger partial charge in [0.2, 0.25) is 5.95 Å². The first-order valence-electron chi connectivity index (χ1n) is 8.14. The number of amides is 2. The van der Waals surface area contributed by atoms with Gasteiger partial charge in [0, 0.05) is 32.5 Å². The van der Waals surface area contributed by atoms with Gasteiger partial charge in [-0.3, -0.25) is 5.32 Å². The lowest BCUT2D eigenvalue weighted by Gasteiger charge is -2.32. The van der Waals surface area contributed by atoms with Gasteiger partial charge in [-0.1, -0.05) is 6.07 Å². The summed E-state index contributed by atoms with van der Waals surface area (Å²) in [7, 11) is 3.77. The van der Waals surface area contributed by atoms with Crippen LogP contribution in [0.15, 0.2) is 30.5 Å². The molecule has 132 valence electrons. The molecule has 0 aliphatic carbocycles. The maximum atomic E-state index is 12.5. The van der Waals surface area contributed by atoms with E-state index in [2.05, 4.69) is 20.3 Å². The Kier molecular flexibility index (Phi) is 5.08. The van der Waals surface area contributed by atoms with E-state index >= 15 is 0 Å². The summed E-state index contributed by atoms with van der Waals surface area (Å²) in [5.41, 5.74) is 1.62. The van der Waals surface area contributed by atoms with Gasteiger partial charge in [-0.25, -0.2) is 19.7 Å². The number of carbonyl (C=O) groups excluding carboxylic acids is 1. The quantitative estimate of drug-likeness (QED) is 0.916. The number of morpholine rings is 1. The highest BCUT2D eigenvalue weighted by molar-refractivity contribution is 5.88. The molecule has 1 atom stereocenters. The number of ether oxygens (including phenoxy) is 1. The van der Waals surface area contributed by atoms with Gasteiger partial charge in [-0.15, -0.1) is 0 Å². The van der Waals surface area contributed by atoms with Crippen LogP contribution in [0.3, 0.4) is 0 Å². The second-order valence-electron chi connectivity index (χ2n) is 6.08. The molecule has 1 saturated heterocycles. The van der Waals surface area contributed by atoms with Crippen LogP contribution < -0.4 is 10.2 Å². The highest BCUT2D eigenvalue weighted by Crippen LogP contribution is 2.22. The lowest BCUT2D eigenvalue weighted by atomic mass is 10.2. The second-order valence-corrected chi connectivity index (χ2v) is 6.08. The van der Waals surface area contributed by atoms with Crippen LogP contribution in [0.25, 0.3) is 0 Å². The van der Waals surface area contributed by atoms with Crippen molar-refractivity contribution in [1.29, 1.82) is 0 Å². The molecule has 1 aliphatic rings. The third-order valence-electron chi connectivity index (χ3n) is 3.87. The van der Waals surface area contributed by atoms with Crippen LogP contribution in [-0.4, -0.2) is 59.7 Å². The van der Waals surface area contributed by atoms with Gasteiger partial charge < -0.3 is 14.5 Å². The summed E-state index contributed by atoms with van der Waals surface area (Å²) in [4.78, 5) is 29.1. The molecular formula is C17H22N6O2. The predicted octanol–water partition coefficient (Wildman–Crippen LogP) is 1.85. The molecule has 0 spiro atoms. The Morgan fingerprint density at radius 3 is 2.92 bits per heavy atom. The van der Waals surface area contributed by atoms with Gasteiger partial charge in [-0.2, -0.15) is 0 Å². The van der Waals surface area contributed by atoms with Crippen LogP contribution in [0.4, 0.5) is 16.6 Å². The van der Waals surface area contributed by atoms with Gasteiger partial charge in [0.25, 0.3) is 0 Å². The average molecular weight is 342 g/mol. The lowest BCUT2D eigenvalue weighted by molar-refractivity contribution is -0.0157. The number of nitrogens with one attached hydrogen (secondary N) is 1. The number of rotatable bonds is 3. The van der Waals surface area contributed by atoms with Crippen LogP contribution in [-0.2, 0) is 4.74 Å². The van der Waals surface area contributed by atoms with Gasteiger partial charge in [0.15, 0.2) is 0 Å². The number of hydrogen-bond acceptors (Lipinski definition) is 6. The van der Waals surface area contributed by atoms with E-state index in [-0.39, 0.29) is 12.1 Å². The predicted molar refractivity (Wildman–Crippen MR) is 94.6 cm³/mol. The van der Waals surface area contributed by atoms with Crippen LogP contribution >= 0.6 is 0 Å². The molecule has 1 fully saturated rings. The minimum absolute atomic E-state index is 0.187. The van der Waals surface area contributed by atoms with Crippen LogP contribution in [0.5, 0.6) is 0 Å². The van der Waals surface area contributed by atoms with Crippen molar-refractivity contribution in [3.63, 3.8) is 0 Å². The fourth-order valence-electron chi connectivity index (χ4n) is 2.57. The first kappa shape index (κ1) is 17.1. The van der Waals surface area contributed by atoms with Crippen LogP contribution in [0.1, 0.15) is 17.5 Å². The maximum Gasteiger partial charge on any atom is 0.323 e. The minimum Gasteiger partial charge on any atom is -0.368 e. The van der Waals surface area contributed by atoms with E-state index in [9.17, 15) is 4.79 Å². The van der Waals surface area contributed by atoms with E-state index < -0.39 is 0 Å². The highest BCUT2D eigenvalue weighted by atomic mass is 16.5. The number of aryl methyl sites for hydroxylation is 1. The Balaban J connectivity index is 1.68. The molecule has 8 nitrogen and oxygen atoms in total. The molecule has 0 bridgehead atoms. The Morgan fingerprint density at radius 1 is 1.32 bits per heavy atom. The van der Waals surface area contributed by atoms with Crippen molar-refractivity contribution in [3.8, 4) is 0 Å². The lowest BCUT2D eigenvalue weighted by Crippen LogP contribution is -2.44. The van der Waals surface area contributed by atoms with E-state index in [1.54, 1.807) is 17.2 Å². The third-order valence-corrected chi connectivity index (χ3v) is 3.87. The summed E-state index contributed by atoms with van der Waals surface area (Å²) in [5, 5.41) is 2.83. The van der Waals surface area contributed by atoms with Gasteiger partial charge in [0.1, 0.15) is 11.9 Å². The SMILES string of the molecule is Cc1cccc(NC(=O)N2CCOC(c3ccnc(N(C)C)n3)C2)n1. The molecule has 2 amide bonds. The highest BCUT2D eigenvalue weighted by Gasteiger charge is 2.27. The molecular weight excluding hydrogens is 320 g/mol. The van der Waals surface area contributed by atoms with Crippen molar-refractivity contribution in [2.75, 3.05) is 44.0 Å². The van der Waals surface area contributed by atoms with E-state index in [0.717, 1.165) is 11.4 Å². The number of pyridine rings is 1. The Morgan fingerprint density at radius 2 is 2.16 bits per heavy atom. The standard InChI is InChI=1S/C17H22N6O2/c1-12-5-4-6-15(19-12)21-17(24)23-9-10-25-14(11-23)13-7-8-18-16(20-13)22(2)3/h4-8,14H,9-11H2,1-3H3,(H,19,21,24). The van der Waals surface area contributed by atoms with Gasteiger partial charge in [-0.05, 0) is 25.1 Å². The molecule has 1 unspecified atom stereocenters. The number of urea groups is 1. The van der Waals surface area contributed by atoms with Gasteiger partial charge in [0.05, 0.1) is 18.8 Å². The molecule has 0 radical (unpaired) electrons. The summed E-state index contributed by atoms with van der Waals surface area (Å²) >= 11 is 0. The molecule has 8 heteroatoms. The molecule has 25 heavy (non-hydrogen) atoms. The first-order chi connectivity index (χ1) is 12.0. The topological polar surface area (TPSA) is 83.5 Å². The molecule has 3 heterocycles. The van der Waals surface area contributed by atoms with Crippen molar-refractivity contribution in [2.45, 2.75) is 13.0 Å². The van der Waals surface area contributed by atoms with Crippen LogP contribution in [0.2, 0.25) is 0 Å². The smallest absolute Gasteiger partial charge is 0.323 e. The number of hydrogen-bond donors (Lipinski definition) is 1. The summed E-state index contributed by atoms with van der Waals surface area (Å²) < 4.78 is 5.80. The van der Waals surface area contributed by atoms with Crippen molar-refractivity contribution in [2.24, 2.45) is 0 Å². The first-order valence-corrected chi connectivity index (χ1v) is 8.14. The fraction of sp³-hybridized carbons (Fsp3) is 0.412. The largest absolute Gasteiger partial charge is 0.368 e. The zero-order valence-corrected chi connectivity index (χ0v) is 14.6. The maximum absolute atomic E-state index is 12.5. The normalized spacial score (nSPS) is 17.2.